The molecule has 0 bridgehead atoms. The van der Waals surface area contributed by atoms with Gasteiger partial charge in [0.05, 0.1) is 10.7 Å². The van der Waals surface area contributed by atoms with E-state index in [4.69, 9.17) is 16.3 Å². The fourth-order valence-corrected chi connectivity index (χ4v) is 5.52. The monoisotopic (exact) mass is 717 g/mol. The number of piperazine rings is 1. The van der Waals surface area contributed by atoms with Gasteiger partial charge in [0.2, 0.25) is 5.95 Å². The molecule has 270 valence electrons. The molecule has 1 saturated heterocycles. The molecule has 3 amide bonds. The lowest BCUT2D eigenvalue weighted by Crippen LogP contribution is -2.49. The number of nitrogens with one attached hydrogen (secondary N) is 4. The van der Waals surface area contributed by atoms with Crippen LogP contribution in [0.1, 0.15) is 53.5 Å². The van der Waals surface area contributed by atoms with Crippen molar-refractivity contribution in [2.45, 2.75) is 39.2 Å². The Morgan fingerprint density at radius 1 is 1.02 bits per heavy atom. The van der Waals surface area contributed by atoms with Crippen molar-refractivity contribution in [2.75, 3.05) is 63.5 Å². The van der Waals surface area contributed by atoms with Crippen LogP contribution in [0.5, 0.6) is 0 Å². The van der Waals surface area contributed by atoms with E-state index in [9.17, 15) is 19.2 Å². The van der Waals surface area contributed by atoms with Crippen molar-refractivity contribution in [1.82, 2.24) is 35.2 Å². The molecule has 51 heavy (non-hydrogen) atoms. The molecule has 15 heteroatoms. The Bertz CT molecular complexity index is 1910. The number of amides is 3. The average Bonchev–Trinajstić information content (AvgIpc) is 3.09. The number of anilines is 2. The fraction of sp³-hybridized carbons (Fsp3) is 0.389. The van der Waals surface area contributed by atoms with E-state index in [1.165, 1.54) is 30.5 Å². The minimum Gasteiger partial charge on any atom is -0.442 e. The van der Waals surface area contributed by atoms with Gasteiger partial charge in [0.1, 0.15) is 16.8 Å². The van der Waals surface area contributed by atoms with Crippen LogP contribution in [0.25, 0.3) is 11.0 Å². The van der Waals surface area contributed by atoms with Crippen LogP contribution in [0, 0.1) is 0 Å². The summed E-state index contributed by atoms with van der Waals surface area (Å²) in [4.78, 5) is 68.8. The minimum absolute atomic E-state index is 0.0919. The number of fused-ring (bicyclic) bond motifs is 1. The van der Waals surface area contributed by atoms with Gasteiger partial charge < -0.3 is 30.2 Å². The van der Waals surface area contributed by atoms with Crippen LogP contribution >= 0.6 is 11.6 Å². The summed E-state index contributed by atoms with van der Waals surface area (Å²) < 4.78 is 5.51. The third-order valence-corrected chi connectivity index (χ3v) is 8.49. The molecule has 1 aliphatic rings. The lowest BCUT2D eigenvalue weighted by molar-refractivity contribution is 0.0136. The van der Waals surface area contributed by atoms with Crippen LogP contribution < -0.4 is 21.6 Å². The summed E-state index contributed by atoms with van der Waals surface area (Å²) in [6.07, 6.45) is 2.19. The molecule has 4 aromatic rings. The summed E-state index contributed by atoms with van der Waals surface area (Å²) in [5.74, 6) is -1.01. The summed E-state index contributed by atoms with van der Waals surface area (Å²) in [6.45, 7) is 11.2. The van der Waals surface area contributed by atoms with Crippen molar-refractivity contribution >= 4 is 52.2 Å². The van der Waals surface area contributed by atoms with Crippen molar-refractivity contribution in [3.63, 3.8) is 0 Å². The molecule has 2 aromatic heterocycles. The first-order valence-corrected chi connectivity index (χ1v) is 17.2. The van der Waals surface area contributed by atoms with E-state index in [-0.39, 0.29) is 34.0 Å². The molecule has 0 unspecified atom stereocenters. The lowest BCUT2D eigenvalue weighted by Gasteiger charge is -2.32. The molecule has 3 heterocycles. The predicted octanol–water partition coefficient (Wildman–Crippen LogP) is 4.40. The molecule has 4 N–H and O–H groups in total. The van der Waals surface area contributed by atoms with Gasteiger partial charge in [-0.25, -0.2) is 14.8 Å². The number of hydrazine groups is 1. The molecule has 0 spiro atoms. The second-order valence-electron chi connectivity index (χ2n) is 13.4. The number of halogens is 1. The smallest absolute Gasteiger partial charge is 0.429 e. The number of hydrogen-bond donors (Lipinski definition) is 4. The maximum atomic E-state index is 13.4. The standard InChI is InChI=1S/C36H44ClN9O5/c1-36(2,3)51-35(50)46(16-13-24-9-6-5-7-10-24)43-31(47)25-11-12-28(37)29(22-25)40-32(48)27-21-26-23-39-34(42-30(26)41-33(27)49)38-14-8-15-45-19-17-44(4)18-20-45/h5-7,9-12,21-23H,8,13-20H2,1-4H3,(H,40,48)(H,43,47)(H2,38,39,41,42,49). The maximum absolute atomic E-state index is 13.4. The Morgan fingerprint density at radius 3 is 2.49 bits per heavy atom. The number of pyridine rings is 1. The van der Waals surface area contributed by atoms with Crippen LogP contribution in [-0.4, -0.2) is 106 Å². The van der Waals surface area contributed by atoms with Gasteiger partial charge in [0.25, 0.3) is 17.4 Å². The second kappa shape index (κ2) is 16.8. The number of carbonyl (C=O) groups excluding carboxylic acids is 3. The fourth-order valence-electron chi connectivity index (χ4n) is 5.36. The molecular weight excluding hydrogens is 674 g/mol. The van der Waals surface area contributed by atoms with E-state index >= 15 is 0 Å². The van der Waals surface area contributed by atoms with Crippen molar-refractivity contribution in [1.29, 1.82) is 0 Å². The normalized spacial score (nSPS) is 13.8. The third kappa shape index (κ3) is 10.7. The highest BCUT2D eigenvalue weighted by Gasteiger charge is 2.25. The minimum atomic E-state index is -0.791. The molecule has 0 saturated carbocycles. The summed E-state index contributed by atoms with van der Waals surface area (Å²) in [6, 6.07) is 15.2. The highest BCUT2D eigenvalue weighted by Crippen LogP contribution is 2.24. The Morgan fingerprint density at radius 2 is 1.76 bits per heavy atom. The quantitative estimate of drug-likeness (QED) is 0.129. The number of rotatable bonds is 11. The van der Waals surface area contributed by atoms with Crippen molar-refractivity contribution < 1.29 is 19.1 Å². The summed E-state index contributed by atoms with van der Waals surface area (Å²) >= 11 is 6.38. The number of benzene rings is 2. The number of carbonyl (C=O) groups is 3. The zero-order valence-electron chi connectivity index (χ0n) is 29.3. The third-order valence-electron chi connectivity index (χ3n) is 8.16. The van der Waals surface area contributed by atoms with E-state index < -0.39 is 29.1 Å². The van der Waals surface area contributed by atoms with Crippen LogP contribution in [0.15, 0.2) is 65.6 Å². The summed E-state index contributed by atoms with van der Waals surface area (Å²) in [7, 11) is 2.13. The van der Waals surface area contributed by atoms with Crippen molar-refractivity contribution in [3.05, 3.63) is 92.9 Å². The molecule has 2 aromatic carbocycles. The number of aromatic amines is 1. The zero-order valence-corrected chi connectivity index (χ0v) is 30.0. The Hall–Kier alpha value is -5.05. The second-order valence-corrected chi connectivity index (χ2v) is 13.8. The van der Waals surface area contributed by atoms with E-state index in [0.717, 1.165) is 49.7 Å². The molecule has 1 aliphatic heterocycles. The Labute approximate surface area is 301 Å². The van der Waals surface area contributed by atoms with Crippen LogP contribution in [0.3, 0.4) is 0 Å². The predicted molar refractivity (Wildman–Crippen MR) is 197 cm³/mol. The van der Waals surface area contributed by atoms with Gasteiger partial charge in [-0.3, -0.25) is 19.8 Å². The molecule has 14 nitrogen and oxygen atoms in total. The molecule has 0 radical (unpaired) electrons. The van der Waals surface area contributed by atoms with E-state index in [0.29, 0.717) is 24.3 Å². The van der Waals surface area contributed by atoms with Gasteiger partial charge in [-0.2, -0.15) is 4.98 Å². The number of H-pyrrole nitrogens is 1. The van der Waals surface area contributed by atoms with Gasteiger partial charge in [0, 0.05) is 56.4 Å². The number of nitrogens with zero attached hydrogens (tertiary/aromatic N) is 5. The number of ether oxygens (including phenoxy) is 1. The topological polar surface area (TPSA) is 165 Å². The van der Waals surface area contributed by atoms with Crippen molar-refractivity contribution in [3.8, 4) is 0 Å². The number of aromatic nitrogens is 3. The van der Waals surface area contributed by atoms with Crippen LogP contribution in [0.2, 0.25) is 5.02 Å². The lowest BCUT2D eigenvalue weighted by atomic mass is 10.1. The average molecular weight is 718 g/mol. The highest BCUT2D eigenvalue weighted by molar-refractivity contribution is 6.34. The molecular formula is C36H44ClN9O5. The summed E-state index contributed by atoms with van der Waals surface area (Å²) in [5, 5.41) is 7.53. The van der Waals surface area contributed by atoms with Gasteiger partial charge in [-0.15, -0.1) is 0 Å². The van der Waals surface area contributed by atoms with Crippen LogP contribution in [-0.2, 0) is 11.2 Å². The molecule has 1 fully saturated rings. The van der Waals surface area contributed by atoms with Gasteiger partial charge in [-0.1, -0.05) is 41.9 Å². The van der Waals surface area contributed by atoms with Gasteiger partial charge in [-0.05, 0) is 77.0 Å². The maximum Gasteiger partial charge on any atom is 0.429 e. The first-order chi connectivity index (χ1) is 24.3. The zero-order chi connectivity index (χ0) is 36.5. The Balaban J connectivity index is 1.23. The van der Waals surface area contributed by atoms with E-state index in [2.05, 4.69) is 47.9 Å². The number of likely N-dealkylation sites (N-methyl/N-ethyl adjacent to an activating group) is 1. The Kier molecular flexibility index (Phi) is 12.2. The first-order valence-electron chi connectivity index (χ1n) is 16.9. The van der Waals surface area contributed by atoms with Gasteiger partial charge in [0.15, 0.2) is 0 Å². The SMILES string of the molecule is CN1CCN(CCCNc2ncc3cc(C(=O)Nc4cc(C(=O)NN(CCc5ccccc5)C(=O)OC(C)(C)C)ccc4Cl)c(=O)[nH]c3n2)CC1. The van der Waals surface area contributed by atoms with Gasteiger partial charge >= 0.3 is 6.09 Å². The molecule has 0 aliphatic carbocycles. The van der Waals surface area contributed by atoms with E-state index in [1.807, 2.05) is 30.3 Å². The highest BCUT2D eigenvalue weighted by atomic mass is 35.5. The van der Waals surface area contributed by atoms with Crippen molar-refractivity contribution in [2.24, 2.45) is 0 Å². The summed E-state index contributed by atoms with van der Waals surface area (Å²) in [5.41, 5.74) is 2.42. The number of hydrogen-bond acceptors (Lipinski definition) is 10. The van der Waals surface area contributed by atoms with E-state index in [1.54, 1.807) is 20.8 Å². The first kappa shape index (κ1) is 37.2. The molecule has 5 rings (SSSR count). The molecule has 0 atom stereocenters. The van der Waals surface area contributed by atoms with Crippen LogP contribution in [0.4, 0.5) is 16.4 Å². The largest absolute Gasteiger partial charge is 0.442 e.